The van der Waals surface area contributed by atoms with Crippen LogP contribution in [0, 0.1) is 6.92 Å². The third-order valence-electron chi connectivity index (χ3n) is 3.31. The minimum absolute atomic E-state index is 0.0384. The molecule has 0 aromatic carbocycles. The number of thioether (sulfide) groups is 1. The summed E-state index contributed by atoms with van der Waals surface area (Å²) in [5.74, 6) is -1.13. The lowest BCUT2D eigenvalue weighted by molar-refractivity contribution is -0.141. The van der Waals surface area contributed by atoms with Crippen molar-refractivity contribution in [3.63, 3.8) is 0 Å². The summed E-state index contributed by atoms with van der Waals surface area (Å²) in [4.78, 5) is 12.4. The van der Waals surface area contributed by atoms with E-state index in [0.29, 0.717) is 5.75 Å². The Morgan fingerprint density at radius 2 is 2.00 bits per heavy atom. The van der Waals surface area contributed by atoms with Crippen LogP contribution in [0.2, 0.25) is 0 Å². The van der Waals surface area contributed by atoms with Crippen molar-refractivity contribution in [1.29, 1.82) is 0 Å². The standard InChI is InChI=1S/C13H15F5N6OS/c1-4-26-12-20-19-10(9(14)15)24(12)22-11(25)7(3)23-6(2)5-8(21-23)13(16,17)18/h5,7,9H,4H2,1-3H3,(H,22,25)/t7-/m0/s1. The molecular weight excluding hydrogens is 383 g/mol. The van der Waals surface area contributed by atoms with Crippen LogP contribution in [0.3, 0.4) is 0 Å². The number of aromatic nitrogens is 5. The fraction of sp³-hybridized carbons (Fsp3) is 0.538. The van der Waals surface area contributed by atoms with Crippen molar-refractivity contribution in [1.82, 2.24) is 24.7 Å². The molecule has 2 aromatic rings. The smallest absolute Gasteiger partial charge is 0.271 e. The molecular formula is C13H15F5N6OS. The fourth-order valence-corrected chi connectivity index (χ4v) is 2.71. The second-order valence-electron chi connectivity index (χ2n) is 5.18. The highest BCUT2D eigenvalue weighted by molar-refractivity contribution is 7.99. The van der Waals surface area contributed by atoms with Gasteiger partial charge in [0.15, 0.2) is 5.69 Å². The molecule has 0 radical (unpaired) electrons. The minimum atomic E-state index is -4.66. The Hall–Kier alpha value is -2.18. The summed E-state index contributed by atoms with van der Waals surface area (Å²) in [5, 5.41) is 10.3. The average Bonchev–Trinajstić information content (AvgIpc) is 3.11. The van der Waals surface area contributed by atoms with E-state index in [1.165, 1.54) is 13.8 Å². The van der Waals surface area contributed by atoms with Crippen LogP contribution in [0.4, 0.5) is 22.0 Å². The number of amides is 1. The van der Waals surface area contributed by atoms with E-state index in [1.54, 1.807) is 6.92 Å². The van der Waals surface area contributed by atoms with E-state index < -0.39 is 36.1 Å². The van der Waals surface area contributed by atoms with E-state index in [9.17, 15) is 26.7 Å². The Kier molecular flexibility index (Phi) is 5.88. The first-order chi connectivity index (χ1) is 12.1. The molecule has 0 aliphatic carbocycles. The summed E-state index contributed by atoms with van der Waals surface area (Å²) >= 11 is 1.07. The molecule has 0 bridgehead atoms. The van der Waals surface area contributed by atoms with Crippen molar-refractivity contribution in [3.8, 4) is 0 Å². The number of carbonyl (C=O) groups excluding carboxylic acids is 1. The van der Waals surface area contributed by atoms with Crippen molar-refractivity contribution in [2.45, 2.75) is 44.6 Å². The maximum atomic E-state index is 13.0. The molecule has 7 nitrogen and oxygen atoms in total. The van der Waals surface area contributed by atoms with Gasteiger partial charge in [0, 0.05) is 5.69 Å². The SMILES string of the molecule is CCSc1nnc(C(F)F)n1NC(=O)[C@H](C)n1nc(C(F)(F)F)cc1C. The van der Waals surface area contributed by atoms with E-state index in [-0.39, 0.29) is 10.9 Å². The molecule has 0 aliphatic rings. The summed E-state index contributed by atoms with van der Waals surface area (Å²) in [5.41, 5.74) is 1.16. The van der Waals surface area contributed by atoms with Crippen LogP contribution in [0.15, 0.2) is 11.2 Å². The van der Waals surface area contributed by atoms with Gasteiger partial charge in [-0.05, 0) is 25.7 Å². The largest absolute Gasteiger partial charge is 0.435 e. The van der Waals surface area contributed by atoms with Gasteiger partial charge in [0.1, 0.15) is 6.04 Å². The maximum Gasteiger partial charge on any atom is 0.435 e. The van der Waals surface area contributed by atoms with E-state index in [0.717, 1.165) is 27.2 Å². The number of halogens is 5. The molecule has 1 N–H and O–H groups in total. The Morgan fingerprint density at radius 3 is 2.50 bits per heavy atom. The first-order valence-electron chi connectivity index (χ1n) is 7.36. The molecule has 13 heteroatoms. The predicted octanol–water partition coefficient (Wildman–Crippen LogP) is 3.18. The second-order valence-corrected chi connectivity index (χ2v) is 6.41. The van der Waals surface area contributed by atoms with Gasteiger partial charge in [0.05, 0.1) is 0 Å². The van der Waals surface area contributed by atoms with Crippen molar-refractivity contribution in [2.24, 2.45) is 0 Å². The number of carbonyl (C=O) groups is 1. The highest BCUT2D eigenvalue weighted by atomic mass is 32.2. The number of alkyl halides is 5. The van der Waals surface area contributed by atoms with Crippen molar-refractivity contribution in [3.05, 3.63) is 23.3 Å². The van der Waals surface area contributed by atoms with E-state index in [2.05, 4.69) is 20.7 Å². The molecule has 26 heavy (non-hydrogen) atoms. The van der Waals surface area contributed by atoms with Crippen molar-refractivity contribution >= 4 is 17.7 Å². The molecule has 0 unspecified atom stereocenters. The molecule has 1 amide bonds. The summed E-state index contributed by atoms with van der Waals surface area (Å²) in [6.07, 6.45) is -7.65. The van der Waals surface area contributed by atoms with E-state index >= 15 is 0 Å². The predicted molar refractivity (Wildman–Crippen MR) is 82.4 cm³/mol. The molecule has 2 heterocycles. The van der Waals surface area contributed by atoms with Crippen LogP contribution in [-0.4, -0.2) is 36.3 Å². The topological polar surface area (TPSA) is 77.6 Å². The zero-order valence-corrected chi connectivity index (χ0v) is 14.7. The fourth-order valence-electron chi connectivity index (χ4n) is 2.08. The lowest BCUT2D eigenvalue weighted by Gasteiger charge is -2.16. The molecule has 144 valence electrons. The third-order valence-corrected chi connectivity index (χ3v) is 4.12. The molecule has 0 saturated carbocycles. The van der Waals surface area contributed by atoms with Gasteiger partial charge in [0.25, 0.3) is 12.3 Å². The molecule has 2 rings (SSSR count). The summed E-state index contributed by atoms with van der Waals surface area (Å²) in [6.45, 7) is 4.41. The van der Waals surface area contributed by atoms with Crippen LogP contribution < -0.4 is 5.43 Å². The molecule has 0 aliphatic heterocycles. The summed E-state index contributed by atoms with van der Waals surface area (Å²) < 4.78 is 65.9. The van der Waals surface area contributed by atoms with Crippen LogP contribution in [0.25, 0.3) is 0 Å². The molecule has 0 saturated heterocycles. The van der Waals surface area contributed by atoms with E-state index in [1.807, 2.05) is 0 Å². The molecule has 0 fully saturated rings. The van der Waals surface area contributed by atoms with Crippen LogP contribution in [-0.2, 0) is 11.0 Å². The number of rotatable bonds is 6. The van der Waals surface area contributed by atoms with Gasteiger partial charge in [0.2, 0.25) is 11.0 Å². The Bertz CT molecular complexity index is 787. The zero-order chi connectivity index (χ0) is 19.6. The highest BCUT2D eigenvalue weighted by Crippen LogP contribution is 2.29. The first-order valence-corrected chi connectivity index (χ1v) is 8.35. The number of hydrogen-bond acceptors (Lipinski definition) is 5. The molecule has 0 spiro atoms. The Labute approximate surface area is 148 Å². The number of nitrogens with one attached hydrogen (secondary N) is 1. The normalized spacial score (nSPS) is 13.3. The monoisotopic (exact) mass is 398 g/mol. The number of hydrogen-bond donors (Lipinski definition) is 1. The lowest BCUT2D eigenvalue weighted by Crippen LogP contribution is -2.32. The van der Waals surface area contributed by atoms with Gasteiger partial charge in [-0.1, -0.05) is 18.7 Å². The van der Waals surface area contributed by atoms with Gasteiger partial charge in [-0.3, -0.25) is 14.9 Å². The maximum absolute atomic E-state index is 13.0. The van der Waals surface area contributed by atoms with Crippen molar-refractivity contribution in [2.75, 3.05) is 11.2 Å². The molecule has 2 aromatic heterocycles. The first kappa shape index (κ1) is 20.1. The van der Waals surface area contributed by atoms with E-state index in [4.69, 9.17) is 0 Å². The number of nitrogens with zero attached hydrogens (tertiary/aromatic N) is 5. The molecule has 1 atom stereocenters. The van der Waals surface area contributed by atoms with Gasteiger partial charge in [-0.2, -0.15) is 18.3 Å². The summed E-state index contributed by atoms with van der Waals surface area (Å²) in [7, 11) is 0. The van der Waals surface area contributed by atoms with Gasteiger partial charge >= 0.3 is 6.18 Å². The minimum Gasteiger partial charge on any atom is -0.271 e. The quantitative estimate of drug-likeness (QED) is 0.597. The van der Waals surface area contributed by atoms with Gasteiger partial charge in [-0.15, -0.1) is 10.2 Å². The zero-order valence-electron chi connectivity index (χ0n) is 13.9. The second kappa shape index (κ2) is 7.60. The van der Waals surface area contributed by atoms with Gasteiger partial charge in [-0.25, -0.2) is 13.5 Å². The third kappa shape index (κ3) is 4.14. The Balaban J connectivity index is 2.28. The van der Waals surface area contributed by atoms with Crippen LogP contribution in [0.1, 0.15) is 43.5 Å². The Morgan fingerprint density at radius 1 is 1.35 bits per heavy atom. The number of aryl methyl sites for hydroxylation is 1. The van der Waals surface area contributed by atoms with Crippen LogP contribution >= 0.6 is 11.8 Å². The summed E-state index contributed by atoms with van der Waals surface area (Å²) in [6, 6.07) is -0.385. The van der Waals surface area contributed by atoms with Crippen LogP contribution in [0.5, 0.6) is 0 Å². The highest BCUT2D eigenvalue weighted by Gasteiger charge is 2.35. The van der Waals surface area contributed by atoms with Gasteiger partial charge < -0.3 is 0 Å². The lowest BCUT2D eigenvalue weighted by atomic mass is 10.3. The average molecular weight is 398 g/mol. The van der Waals surface area contributed by atoms with Crippen molar-refractivity contribution < 1.29 is 26.7 Å².